The highest BCUT2D eigenvalue weighted by molar-refractivity contribution is 7.21. The maximum atomic E-state index is 13.4. The van der Waals surface area contributed by atoms with Gasteiger partial charge in [0.1, 0.15) is 11.4 Å². The van der Waals surface area contributed by atoms with E-state index in [0.717, 1.165) is 11.4 Å². The fourth-order valence-electron chi connectivity index (χ4n) is 4.13. The molecule has 10 heteroatoms. The van der Waals surface area contributed by atoms with Crippen molar-refractivity contribution in [3.63, 3.8) is 0 Å². The van der Waals surface area contributed by atoms with Crippen LogP contribution in [0.1, 0.15) is 40.4 Å². The molecular formula is C27H21ClN6O2S. The van der Waals surface area contributed by atoms with E-state index in [9.17, 15) is 4.79 Å². The monoisotopic (exact) mass is 528 g/mol. The van der Waals surface area contributed by atoms with Gasteiger partial charge in [-0.15, -0.1) is 0 Å². The number of hydrogen-bond acceptors (Lipinski definition) is 8. The van der Waals surface area contributed by atoms with Crippen LogP contribution in [0.4, 0.5) is 5.13 Å². The van der Waals surface area contributed by atoms with Crippen LogP contribution in [0.3, 0.4) is 0 Å². The topological polar surface area (TPSA) is 103 Å². The number of nitrogens with one attached hydrogen (secondary N) is 1. The SMILES string of the molecule is COc1ccc(Cl)cc1-c1cc(C)ncc1C(=O)Nc1nc2ncc(-c3ccc(C4CC4)cn3)nc2s1. The molecule has 1 amide bonds. The van der Waals surface area contributed by atoms with Crippen LogP contribution in [0.2, 0.25) is 5.02 Å². The van der Waals surface area contributed by atoms with Crippen LogP contribution in [0, 0.1) is 6.92 Å². The number of hydrogen-bond donors (Lipinski definition) is 1. The molecule has 6 rings (SSSR count). The van der Waals surface area contributed by atoms with E-state index in [1.807, 2.05) is 25.3 Å². The van der Waals surface area contributed by atoms with Crippen LogP contribution < -0.4 is 10.1 Å². The van der Waals surface area contributed by atoms with E-state index in [4.69, 9.17) is 16.3 Å². The maximum absolute atomic E-state index is 13.4. The number of fused-ring (bicyclic) bond motifs is 1. The lowest BCUT2D eigenvalue weighted by Crippen LogP contribution is -2.14. The number of carbonyl (C=O) groups excluding carboxylic acids is 1. The molecular weight excluding hydrogens is 508 g/mol. The highest BCUT2D eigenvalue weighted by Crippen LogP contribution is 2.40. The summed E-state index contributed by atoms with van der Waals surface area (Å²) < 4.78 is 5.51. The molecule has 0 unspecified atom stereocenters. The van der Waals surface area contributed by atoms with Crippen molar-refractivity contribution in [2.75, 3.05) is 12.4 Å². The Morgan fingerprint density at radius 1 is 1.00 bits per heavy atom. The summed E-state index contributed by atoms with van der Waals surface area (Å²) in [6.45, 7) is 1.86. The number of amides is 1. The first-order valence-electron chi connectivity index (χ1n) is 11.7. The molecule has 1 N–H and O–H groups in total. The molecule has 0 atom stereocenters. The number of thiazole rings is 1. The van der Waals surface area contributed by atoms with E-state index in [2.05, 4.69) is 36.3 Å². The molecule has 37 heavy (non-hydrogen) atoms. The van der Waals surface area contributed by atoms with Gasteiger partial charge in [-0.1, -0.05) is 29.0 Å². The minimum Gasteiger partial charge on any atom is -0.496 e. The molecule has 0 aliphatic heterocycles. The van der Waals surface area contributed by atoms with Crippen LogP contribution in [-0.4, -0.2) is 37.9 Å². The molecule has 184 valence electrons. The molecule has 0 radical (unpaired) electrons. The van der Waals surface area contributed by atoms with Crippen LogP contribution in [0.25, 0.3) is 33.0 Å². The summed E-state index contributed by atoms with van der Waals surface area (Å²) in [4.78, 5) is 36.4. The van der Waals surface area contributed by atoms with Crippen molar-refractivity contribution in [3.8, 4) is 28.3 Å². The van der Waals surface area contributed by atoms with Crippen molar-refractivity contribution >= 4 is 44.5 Å². The van der Waals surface area contributed by atoms with E-state index in [1.54, 1.807) is 37.7 Å². The third-order valence-corrected chi connectivity index (χ3v) is 7.27. The molecule has 4 aromatic heterocycles. The average molecular weight is 529 g/mol. The highest BCUT2D eigenvalue weighted by atomic mass is 35.5. The second kappa shape index (κ2) is 9.49. The van der Waals surface area contributed by atoms with Crippen molar-refractivity contribution in [2.24, 2.45) is 0 Å². The van der Waals surface area contributed by atoms with Gasteiger partial charge < -0.3 is 4.74 Å². The van der Waals surface area contributed by atoms with Crippen molar-refractivity contribution in [1.82, 2.24) is 24.9 Å². The van der Waals surface area contributed by atoms with Gasteiger partial charge in [0.15, 0.2) is 15.6 Å². The summed E-state index contributed by atoms with van der Waals surface area (Å²) in [5.74, 6) is 0.886. The first-order chi connectivity index (χ1) is 18.0. The lowest BCUT2D eigenvalue weighted by atomic mass is 9.99. The van der Waals surface area contributed by atoms with E-state index in [1.165, 1.54) is 29.7 Å². The standard InChI is InChI=1S/C27H21ClN6O2S/c1-14-9-18(19-10-17(28)6-8-23(19)36-2)20(12-29-14)25(35)34-27-33-24-26(37-27)32-22(13-31-24)21-7-5-16(11-30-21)15-3-4-15/h5-13,15H,3-4H2,1-2H3,(H,31,33,34,35). The molecule has 1 aliphatic rings. The Morgan fingerprint density at radius 3 is 2.62 bits per heavy atom. The summed E-state index contributed by atoms with van der Waals surface area (Å²) in [6.07, 6.45) is 7.57. The smallest absolute Gasteiger partial charge is 0.259 e. The molecule has 1 aliphatic carbocycles. The van der Waals surface area contributed by atoms with Gasteiger partial charge in [0.25, 0.3) is 5.91 Å². The summed E-state index contributed by atoms with van der Waals surface area (Å²) in [5.41, 5.74) is 5.62. The number of halogens is 1. The summed E-state index contributed by atoms with van der Waals surface area (Å²) in [6, 6.07) is 11.2. The van der Waals surface area contributed by atoms with E-state index in [0.29, 0.717) is 54.7 Å². The minimum atomic E-state index is -0.360. The lowest BCUT2D eigenvalue weighted by molar-refractivity contribution is 0.102. The lowest BCUT2D eigenvalue weighted by Gasteiger charge is -2.13. The number of anilines is 1. The number of carbonyl (C=O) groups is 1. The fraction of sp³-hybridized carbons (Fsp3) is 0.185. The van der Waals surface area contributed by atoms with Crippen LogP contribution >= 0.6 is 22.9 Å². The Hall–Kier alpha value is -3.95. The summed E-state index contributed by atoms with van der Waals surface area (Å²) >= 11 is 7.50. The molecule has 1 fully saturated rings. The fourth-order valence-corrected chi connectivity index (χ4v) is 5.10. The molecule has 0 spiro atoms. The Labute approximate surface area is 221 Å². The number of pyridine rings is 2. The Kier molecular flexibility index (Phi) is 6.02. The van der Waals surface area contributed by atoms with Crippen molar-refractivity contribution in [1.29, 1.82) is 0 Å². The van der Waals surface area contributed by atoms with Crippen LogP contribution in [0.5, 0.6) is 5.75 Å². The largest absolute Gasteiger partial charge is 0.496 e. The maximum Gasteiger partial charge on any atom is 0.259 e. The molecule has 5 aromatic rings. The molecule has 1 aromatic carbocycles. The Morgan fingerprint density at radius 2 is 1.86 bits per heavy atom. The predicted octanol–water partition coefficient (Wildman–Crippen LogP) is 6.31. The number of aryl methyl sites for hydroxylation is 1. The first kappa shape index (κ1) is 23.4. The van der Waals surface area contributed by atoms with Gasteiger partial charge >= 0.3 is 0 Å². The summed E-state index contributed by atoms with van der Waals surface area (Å²) in [5, 5.41) is 3.80. The zero-order valence-corrected chi connectivity index (χ0v) is 21.6. The van der Waals surface area contributed by atoms with Gasteiger partial charge in [0.05, 0.1) is 24.6 Å². The molecule has 4 heterocycles. The van der Waals surface area contributed by atoms with Crippen molar-refractivity contribution in [2.45, 2.75) is 25.7 Å². The molecule has 0 bridgehead atoms. The number of benzene rings is 1. The van der Waals surface area contributed by atoms with E-state index < -0.39 is 0 Å². The van der Waals surface area contributed by atoms with Gasteiger partial charge in [-0.25, -0.2) is 9.97 Å². The van der Waals surface area contributed by atoms with Crippen LogP contribution in [0.15, 0.2) is 55.0 Å². The zero-order valence-electron chi connectivity index (χ0n) is 20.0. The predicted molar refractivity (Wildman–Crippen MR) is 144 cm³/mol. The molecule has 0 saturated heterocycles. The van der Waals surface area contributed by atoms with E-state index >= 15 is 0 Å². The van der Waals surface area contributed by atoms with Gasteiger partial charge in [-0.2, -0.15) is 4.98 Å². The van der Waals surface area contributed by atoms with E-state index in [-0.39, 0.29) is 5.91 Å². The third-order valence-electron chi connectivity index (χ3n) is 6.18. The second-order valence-corrected chi connectivity index (χ2v) is 10.2. The Bertz CT molecular complexity index is 1650. The van der Waals surface area contributed by atoms with Crippen molar-refractivity contribution in [3.05, 3.63) is 76.8 Å². The number of nitrogens with zero attached hydrogens (tertiary/aromatic N) is 5. The first-order valence-corrected chi connectivity index (χ1v) is 12.9. The van der Waals surface area contributed by atoms with Gasteiger partial charge in [-0.3, -0.25) is 20.1 Å². The van der Waals surface area contributed by atoms with Gasteiger partial charge in [0.2, 0.25) is 0 Å². The van der Waals surface area contributed by atoms with Crippen LogP contribution in [-0.2, 0) is 0 Å². The zero-order chi connectivity index (χ0) is 25.5. The normalized spacial score (nSPS) is 13.1. The Balaban J connectivity index is 1.29. The molecule has 1 saturated carbocycles. The third kappa shape index (κ3) is 4.75. The number of ether oxygens (including phenoxy) is 1. The average Bonchev–Trinajstić information content (AvgIpc) is 3.68. The quantitative estimate of drug-likeness (QED) is 0.275. The summed E-state index contributed by atoms with van der Waals surface area (Å²) in [7, 11) is 1.58. The number of aromatic nitrogens is 5. The highest BCUT2D eigenvalue weighted by Gasteiger charge is 2.24. The minimum absolute atomic E-state index is 0.360. The molecule has 8 nitrogen and oxygen atoms in total. The second-order valence-electron chi connectivity index (χ2n) is 8.82. The van der Waals surface area contributed by atoms with Crippen molar-refractivity contribution < 1.29 is 9.53 Å². The number of methoxy groups -OCH3 is 1. The van der Waals surface area contributed by atoms with Gasteiger partial charge in [0, 0.05) is 34.2 Å². The number of rotatable bonds is 6. The van der Waals surface area contributed by atoms with Gasteiger partial charge in [-0.05, 0) is 61.6 Å².